The summed E-state index contributed by atoms with van der Waals surface area (Å²) < 4.78 is 58.5. The lowest BCUT2D eigenvalue weighted by Gasteiger charge is -2.37. The van der Waals surface area contributed by atoms with Crippen molar-refractivity contribution in [1.29, 1.82) is 0 Å². The van der Waals surface area contributed by atoms with Crippen molar-refractivity contribution in [3.8, 4) is 56.4 Å². The fraction of sp³-hybridized carbons (Fsp3) is 0.300. The van der Waals surface area contributed by atoms with Gasteiger partial charge >= 0.3 is 24.2 Å². The molecule has 3 aliphatic carbocycles. The second kappa shape index (κ2) is 47.8. The number of ether oxygens (including phenoxy) is 10. The summed E-state index contributed by atoms with van der Waals surface area (Å²) in [7, 11) is 6.53. The first-order valence-corrected chi connectivity index (χ1v) is 45.0. The minimum absolute atomic E-state index is 0.0179. The summed E-state index contributed by atoms with van der Waals surface area (Å²) in [6.45, 7) is 3.55. The van der Waals surface area contributed by atoms with Crippen LogP contribution in [0.3, 0.4) is 0 Å². The number of esters is 1. The fourth-order valence-corrected chi connectivity index (χ4v) is 17.5. The molecular formula is C110H117N3O18. The monoisotopic (exact) mass is 1770 g/mol. The van der Waals surface area contributed by atoms with Crippen LogP contribution in [0.25, 0.3) is 33.4 Å². The lowest BCUT2D eigenvalue weighted by molar-refractivity contribution is -0.156. The number of hydrogen-bond donors (Lipinski definition) is 6. The molecule has 12 aromatic rings. The molecule has 0 radical (unpaired) electrons. The van der Waals surface area contributed by atoms with Crippen LogP contribution in [0.2, 0.25) is 0 Å². The van der Waals surface area contributed by atoms with Crippen molar-refractivity contribution in [3.05, 3.63) is 370 Å². The van der Waals surface area contributed by atoms with Crippen LogP contribution in [0.4, 0.5) is 14.4 Å². The van der Waals surface area contributed by atoms with Crippen molar-refractivity contribution in [2.45, 2.75) is 125 Å². The number of alkyl carbamates (subject to hydrolysis) is 3. The lowest BCUT2D eigenvalue weighted by atomic mass is 9.80. The highest BCUT2D eigenvalue weighted by molar-refractivity contribution is 5.83. The van der Waals surface area contributed by atoms with Crippen molar-refractivity contribution in [2.75, 3.05) is 87.7 Å². The van der Waals surface area contributed by atoms with E-state index in [1.807, 2.05) is 231 Å². The first-order valence-electron chi connectivity index (χ1n) is 45.0. The topological polar surface area (TPSA) is 274 Å². The molecule has 3 atom stereocenters. The second-order valence-corrected chi connectivity index (χ2v) is 32.7. The van der Waals surface area contributed by atoms with Crippen LogP contribution in [0.5, 0.6) is 23.0 Å². The molecule has 0 aromatic heterocycles. The maximum atomic E-state index is 13.0. The van der Waals surface area contributed by atoms with E-state index in [9.17, 15) is 34.2 Å². The van der Waals surface area contributed by atoms with Gasteiger partial charge in [-0.15, -0.1) is 0 Å². The fourth-order valence-electron chi connectivity index (χ4n) is 17.5. The molecule has 131 heavy (non-hydrogen) atoms. The number of unbranched alkanes of at least 4 members (excludes halogenated alkanes) is 3. The number of carbonyl (C=O) groups is 5. The van der Waals surface area contributed by atoms with Crippen LogP contribution in [0.1, 0.15) is 162 Å². The molecule has 12 aromatic carbocycles. The molecule has 0 heterocycles. The van der Waals surface area contributed by atoms with E-state index in [1.54, 1.807) is 28.4 Å². The van der Waals surface area contributed by atoms with Crippen molar-refractivity contribution >= 4 is 30.0 Å². The Kier molecular flexibility index (Phi) is 34.7. The van der Waals surface area contributed by atoms with Crippen molar-refractivity contribution < 1.29 is 86.7 Å². The van der Waals surface area contributed by atoms with Crippen LogP contribution in [-0.2, 0) is 49.2 Å². The predicted molar refractivity (Wildman–Crippen MR) is 506 cm³/mol. The molecule has 3 amide bonds. The van der Waals surface area contributed by atoms with Crippen LogP contribution >= 0.6 is 0 Å². The first kappa shape index (κ1) is 95.2. The van der Waals surface area contributed by atoms with Gasteiger partial charge in [0.05, 0.1) is 66.9 Å². The van der Waals surface area contributed by atoms with Gasteiger partial charge in [0.1, 0.15) is 65.9 Å². The summed E-state index contributed by atoms with van der Waals surface area (Å²) in [5.41, 5.74) is 17.5. The third-order valence-corrected chi connectivity index (χ3v) is 24.2. The number of ketones is 1. The van der Waals surface area contributed by atoms with Gasteiger partial charge in [0, 0.05) is 43.8 Å². The number of carbonyl (C=O) groups excluding carboxylic acids is 5. The minimum Gasteiger partial charge on any atom is -0.497 e. The number of fused-ring (bicyclic) bond motifs is 9. The molecule has 6 N–H and O–H groups in total. The van der Waals surface area contributed by atoms with E-state index in [2.05, 4.69) is 88.7 Å². The predicted octanol–water partition coefficient (Wildman–Crippen LogP) is 20.1. The Morgan fingerprint density at radius 1 is 0.321 bits per heavy atom. The zero-order valence-corrected chi connectivity index (χ0v) is 74.9. The van der Waals surface area contributed by atoms with Crippen LogP contribution in [0, 0.1) is 0 Å². The molecule has 0 aliphatic heterocycles. The number of benzene rings is 12. The molecule has 680 valence electrons. The van der Waals surface area contributed by atoms with Gasteiger partial charge < -0.3 is 83.4 Å². The van der Waals surface area contributed by atoms with E-state index in [0.717, 1.165) is 68.8 Å². The van der Waals surface area contributed by atoms with Gasteiger partial charge in [0.2, 0.25) is 0 Å². The summed E-state index contributed by atoms with van der Waals surface area (Å²) >= 11 is 0. The molecule has 21 nitrogen and oxygen atoms in total. The van der Waals surface area contributed by atoms with E-state index in [-0.39, 0.29) is 69.4 Å². The maximum Gasteiger partial charge on any atom is 0.407 e. The molecular weight excluding hydrogens is 1650 g/mol. The zero-order valence-electron chi connectivity index (χ0n) is 74.9. The summed E-state index contributed by atoms with van der Waals surface area (Å²) in [5.74, 6) is 2.40. The minimum atomic E-state index is -1.10. The van der Waals surface area contributed by atoms with Gasteiger partial charge in [-0.05, 0) is 213 Å². The second-order valence-electron chi connectivity index (χ2n) is 32.7. The van der Waals surface area contributed by atoms with Gasteiger partial charge in [0.25, 0.3) is 0 Å². The van der Waals surface area contributed by atoms with Gasteiger partial charge in [-0.2, -0.15) is 0 Å². The lowest BCUT2D eigenvalue weighted by Crippen LogP contribution is -2.37. The maximum absolute atomic E-state index is 13.0. The number of aliphatic hydroxyl groups excluding tert-OH is 3. The normalized spacial score (nSPS) is 12.9. The Balaban J connectivity index is 0.000000178. The largest absolute Gasteiger partial charge is 0.497 e. The summed E-state index contributed by atoms with van der Waals surface area (Å²) in [5, 5.41) is 37.6. The highest BCUT2D eigenvalue weighted by atomic mass is 16.6. The average Bonchev–Trinajstić information content (AvgIpc) is 1.63. The molecule has 3 aliphatic rings. The number of rotatable bonds is 42. The van der Waals surface area contributed by atoms with Crippen molar-refractivity contribution in [2.24, 2.45) is 0 Å². The smallest absolute Gasteiger partial charge is 0.407 e. The van der Waals surface area contributed by atoms with Crippen molar-refractivity contribution in [1.82, 2.24) is 16.0 Å². The highest BCUT2D eigenvalue weighted by Crippen LogP contribution is 2.49. The van der Waals surface area contributed by atoms with E-state index < -0.39 is 53.8 Å². The Morgan fingerprint density at radius 2 is 0.588 bits per heavy atom. The van der Waals surface area contributed by atoms with Crippen LogP contribution < -0.4 is 34.9 Å². The highest BCUT2D eigenvalue weighted by Gasteiger charge is 2.42. The number of Topliss-reactive ketones (excluding diaryl/α,β-unsaturated/α-hetero) is 1. The molecule has 21 heteroatoms. The molecule has 0 fully saturated rings. The number of aliphatic hydroxyl groups is 3. The standard InChI is InChI=1S/C47H49NO8.C42H43NO6.C21H25NO4/c1-33(49)20-29-45(50)56-39(15-11-12-30-48-46(51)54-32-44-42-18-9-7-16-40(42)41-17-8-10-19-43(41)44)31-55-47(34-13-5-4-6-14-34,35-21-25-37(52-2)26-22-35)36-23-27-38(53-3)28-24-36;1-46-34-23-19-31(20-24-34)42(30-12-4-3-5-13-30,32-21-25-35(47-2)26-22-32)49-28-33(44)14-10-11-27-43-41(45)48-29-40-38-17-8-6-15-36(38)37-16-7-9-18-39(37)40;23-13-15(24)7-5-6-12-22-21(25)26-14-20-18-10-3-1-8-16(18)17-9-2-4-11-19(17)20/h4-10,13-14,16-19,21-28,39,44H,11-12,15,20,29-32H2,1-3H3,(H,48,51);3-9,12-13,15-26,33,40,44H,10-11,14,27-29H2,1-2H3,(H,43,45);1-4,8-11,15,20,23-24H,5-7,12-14H2,(H,22,25). The van der Waals surface area contributed by atoms with Gasteiger partial charge in [-0.1, -0.05) is 255 Å². The SMILES string of the molecule is COc1ccc(C(OCC(CCCCNC(=O)OCC2c3ccccc3-c3ccccc32)OC(=O)CCC(C)=O)(c2ccccc2)c2ccc(OC)cc2)cc1.COc1ccc(C(OCC(O)CCCCNC(=O)OCC2c3ccccc3-c3ccccc32)(c2ccccc2)c2ccc(OC)cc2)cc1.O=C(NCCCCC(O)CO)OCC1c2ccccc2-c2ccccc21. The third-order valence-electron chi connectivity index (χ3n) is 24.2. The summed E-state index contributed by atoms with van der Waals surface area (Å²) in [6.07, 6.45) is 2.36. The van der Waals surface area contributed by atoms with Crippen LogP contribution in [-0.4, -0.2) is 151 Å². The number of amides is 3. The first-order chi connectivity index (χ1) is 64.0. The number of hydrogen-bond acceptors (Lipinski definition) is 18. The molecule has 0 saturated carbocycles. The van der Waals surface area contributed by atoms with E-state index in [0.29, 0.717) is 82.7 Å². The molecule has 15 rings (SSSR count). The number of methoxy groups -OCH3 is 4. The van der Waals surface area contributed by atoms with Gasteiger partial charge in [-0.25, -0.2) is 14.4 Å². The Morgan fingerprint density at radius 3 is 0.878 bits per heavy atom. The summed E-state index contributed by atoms with van der Waals surface area (Å²) in [4.78, 5) is 62.1. The van der Waals surface area contributed by atoms with E-state index >= 15 is 0 Å². The molecule has 3 unspecified atom stereocenters. The molecule has 0 saturated heterocycles. The summed E-state index contributed by atoms with van der Waals surface area (Å²) in [6, 6.07) is 101. The Hall–Kier alpha value is -13.4. The van der Waals surface area contributed by atoms with Gasteiger partial charge in [-0.3, -0.25) is 4.79 Å². The average molecular weight is 1770 g/mol. The molecule has 0 bridgehead atoms. The van der Waals surface area contributed by atoms with Gasteiger partial charge in [0.15, 0.2) is 0 Å². The van der Waals surface area contributed by atoms with E-state index in [1.165, 1.54) is 62.6 Å². The Labute approximate surface area is 767 Å². The zero-order chi connectivity index (χ0) is 91.7. The number of nitrogens with one attached hydrogen (secondary N) is 3. The Bertz CT molecular complexity index is 5430. The van der Waals surface area contributed by atoms with Crippen molar-refractivity contribution in [3.63, 3.8) is 0 Å². The van der Waals surface area contributed by atoms with Crippen LogP contribution in [0.15, 0.2) is 303 Å². The third kappa shape index (κ3) is 24.4. The molecule has 0 spiro atoms. The van der Waals surface area contributed by atoms with E-state index in [4.69, 9.17) is 52.5 Å². The quantitative estimate of drug-likeness (QED) is 0.00898.